The van der Waals surface area contributed by atoms with E-state index < -0.39 is 0 Å². The number of imidazole rings is 1. The number of oxime groups is 1. The Balaban J connectivity index is 2.02. The molecular weight excluding hydrogens is 278 g/mol. The maximum atomic E-state index is 8.78. The van der Waals surface area contributed by atoms with Crippen molar-refractivity contribution in [3.8, 4) is 0 Å². The summed E-state index contributed by atoms with van der Waals surface area (Å²) in [4.78, 5) is 6.56. The first-order valence-electron chi connectivity index (χ1n) is 5.65. The van der Waals surface area contributed by atoms with Crippen LogP contribution in [0.1, 0.15) is 11.3 Å². The zero-order chi connectivity index (χ0) is 13.2. The highest BCUT2D eigenvalue weighted by molar-refractivity contribution is 7.99. The van der Waals surface area contributed by atoms with Crippen LogP contribution in [0.5, 0.6) is 0 Å². The molecule has 96 valence electrons. The number of fused-ring (bicyclic) bond motifs is 1. The maximum absolute atomic E-state index is 8.78. The van der Waals surface area contributed by atoms with E-state index in [1.807, 2.05) is 16.0 Å². The lowest BCUT2D eigenvalue weighted by molar-refractivity contribution is 0.321. The zero-order valence-corrected chi connectivity index (χ0v) is 11.8. The molecule has 0 aliphatic carbocycles. The molecule has 0 spiro atoms. The van der Waals surface area contributed by atoms with Gasteiger partial charge in [0.2, 0.25) is 0 Å². The monoisotopic (exact) mass is 289 g/mol. The van der Waals surface area contributed by atoms with E-state index >= 15 is 0 Å². The predicted molar refractivity (Wildman–Crippen MR) is 77.8 cm³/mol. The fourth-order valence-corrected chi connectivity index (χ4v) is 3.41. The third-order valence-corrected chi connectivity index (χ3v) is 4.44. The van der Waals surface area contributed by atoms with E-state index in [9.17, 15) is 0 Å². The van der Waals surface area contributed by atoms with Crippen molar-refractivity contribution < 1.29 is 5.21 Å². The van der Waals surface area contributed by atoms with E-state index in [0.717, 1.165) is 20.6 Å². The van der Waals surface area contributed by atoms with Crippen LogP contribution >= 0.6 is 23.1 Å². The van der Waals surface area contributed by atoms with Crippen LogP contribution in [0.3, 0.4) is 0 Å². The summed E-state index contributed by atoms with van der Waals surface area (Å²) >= 11 is 3.12. The third kappa shape index (κ3) is 2.36. The van der Waals surface area contributed by atoms with E-state index in [4.69, 9.17) is 5.21 Å². The second-order valence-electron chi connectivity index (χ2n) is 4.02. The minimum atomic E-state index is 0.796. The summed E-state index contributed by atoms with van der Waals surface area (Å²) in [6.45, 7) is 2.06. The molecule has 0 amide bonds. The summed E-state index contributed by atoms with van der Waals surface area (Å²) in [6.07, 6.45) is 3.34. The van der Waals surface area contributed by atoms with Gasteiger partial charge in [-0.1, -0.05) is 34.6 Å². The van der Waals surface area contributed by atoms with Crippen molar-refractivity contribution in [3.05, 3.63) is 47.1 Å². The molecule has 3 rings (SSSR count). The Morgan fingerprint density at radius 1 is 1.37 bits per heavy atom. The predicted octanol–water partition coefficient (Wildman–Crippen LogP) is 3.66. The summed E-state index contributed by atoms with van der Waals surface area (Å²) < 4.78 is 1.92. The van der Waals surface area contributed by atoms with Crippen LogP contribution in [0.4, 0.5) is 0 Å². The van der Waals surface area contributed by atoms with E-state index in [1.54, 1.807) is 23.1 Å². The minimum Gasteiger partial charge on any atom is -0.411 e. The summed E-state index contributed by atoms with van der Waals surface area (Å²) in [5.41, 5.74) is 2.02. The molecule has 19 heavy (non-hydrogen) atoms. The molecule has 0 saturated heterocycles. The van der Waals surface area contributed by atoms with E-state index in [1.165, 1.54) is 11.8 Å². The Hall–Kier alpha value is -1.79. The summed E-state index contributed by atoms with van der Waals surface area (Å²) in [5.74, 6) is 0. The molecule has 6 heteroatoms. The molecule has 1 aromatic carbocycles. The van der Waals surface area contributed by atoms with Crippen molar-refractivity contribution in [2.75, 3.05) is 0 Å². The molecule has 0 unspecified atom stereocenters. The Kier molecular flexibility index (Phi) is 3.27. The standard InChI is InChI=1S/C13H11N3OS2/c1-9-2-4-10(5-3-9)19-12-11(8-14-17)16-6-7-18-13(16)15-12/h2-8,17H,1H3. The van der Waals surface area contributed by atoms with Gasteiger partial charge >= 0.3 is 0 Å². The van der Waals surface area contributed by atoms with Gasteiger partial charge in [-0.05, 0) is 19.1 Å². The minimum absolute atomic E-state index is 0.796. The first kappa shape index (κ1) is 12.3. The van der Waals surface area contributed by atoms with Crippen LogP contribution in [0.2, 0.25) is 0 Å². The maximum Gasteiger partial charge on any atom is 0.195 e. The number of thiazole rings is 1. The molecule has 4 nitrogen and oxygen atoms in total. The highest BCUT2D eigenvalue weighted by Crippen LogP contribution is 2.31. The zero-order valence-electron chi connectivity index (χ0n) is 10.1. The molecular formula is C13H11N3OS2. The van der Waals surface area contributed by atoms with Gasteiger partial charge in [0.05, 0.1) is 6.21 Å². The Labute approximate surface area is 118 Å². The van der Waals surface area contributed by atoms with Crippen LogP contribution in [-0.2, 0) is 0 Å². The number of hydrogen-bond acceptors (Lipinski definition) is 5. The van der Waals surface area contributed by atoms with Crippen molar-refractivity contribution >= 4 is 34.3 Å². The van der Waals surface area contributed by atoms with E-state index in [2.05, 4.69) is 41.3 Å². The second kappa shape index (κ2) is 5.07. The summed E-state index contributed by atoms with van der Waals surface area (Å²) in [5, 5.41) is 14.7. The Morgan fingerprint density at radius 3 is 2.89 bits per heavy atom. The molecule has 1 N–H and O–H groups in total. The highest BCUT2D eigenvalue weighted by Gasteiger charge is 2.12. The van der Waals surface area contributed by atoms with Gasteiger partial charge in [0.15, 0.2) is 4.96 Å². The van der Waals surface area contributed by atoms with Gasteiger partial charge in [0.25, 0.3) is 0 Å². The lowest BCUT2D eigenvalue weighted by atomic mass is 10.2. The quantitative estimate of drug-likeness (QED) is 0.455. The first-order chi connectivity index (χ1) is 9.28. The SMILES string of the molecule is Cc1ccc(Sc2nc3sccn3c2C=NO)cc1. The van der Waals surface area contributed by atoms with Gasteiger partial charge in [-0.3, -0.25) is 4.40 Å². The van der Waals surface area contributed by atoms with Crippen LogP contribution in [0, 0.1) is 6.92 Å². The number of aromatic nitrogens is 2. The lowest BCUT2D eigenvalue weighted by Gasteiger charge is -2.00. The van der Waals surface area contributed by atoms with Gasteiger partial charge < -0.3 is 5.21 Å². The van der Waals surface area contributed by atoms with Crippen molar-refractivity contribution in [2.45, 2.75) is 16.8 Å². The van der Waals surface area contributed by atoms with Gasteiger partial charge in [-0.25, -0.2) is 4.98 Å². The van der Waals surface area contributed by atoms with Gasteiger partial charge in [-0.15, -0.1) is 11.3 Å². The van der Waals surface area contributed by atoms with Crippen molar-refractivity contribution in [1.29, 1.82) is 0 Å². The molecule has 0 fully saturated rings. The molecule has 0 saturated carbocycles. The van der Waals surface area contributed by atoms with Crippen LogP contribution in [0.15, 0.2) is 50.9 Å². The smallest absolute Gasteiger partial charge is 0.195 e. The number of nitrogens with zero attached hydrogens (tertiary/aromatic N) is 3. The number of aryl methyl sites for hydroxylation is 1. The second-order valence-corrected chi connectivity index (χ2v) is 5.95. The van der Waals surface area contributed by atoms with E-state index in [-0.39, 0.29) is 0 Å². The lowest BCUT2D eigenvalue weighted by Crippen LogP contribution is -1.89. The van der Waals surface area contributed by atoms with Crippen molar-refractivity contribution in [3.63, 3.8) is 0 Å². The van der Waals surface area contributed by atoms with Crippen LogP contribution in [-0.4, -0.2) is 20.8 Å². The average Bonchev–Trinajstić information content (AvgIpc) is 2.96. The topological polar surface area (TPSA) is 49.9 Å². The van der Waals surface area contributed by atoms with Gasteiger partial charge in [0, 0.05) is 16.5 Å². The normalized spacial score (nSPS) is 11.6. The van der Waals surface area contributed by atoms with Crippen LogP contribution in [0.25, 0.3) is 4.96 Å². The van der Waals surface area contributed by atoms with Crippen LogP contribution < -0.4 is 0 Å². The third-order valence-electron chi connectivity index (χ3n) is 2.68. The first-order valence-corrected chi connectivity index (χ1v) is 7.35. The van der Waals surface area contributed by atoms with E-state index in [0.29, 0.717) is 0 Å². The number of hydrogen-bond donors (Lipinski definition) is 1. The van der Waals surface area contributed by atoms with Gasteiger partial charge in [-0.2, -0.15) is 0 Å². The Bertz CT molecular complexity index is 728. The molecule has 0 radical (unpaired) electrons. The molecule has 2 heterocycles. The fraction of sp³-hybridized carbons (Fsp3) is 0.0769. The van der Waals surface area contributed by atoms with Gasteiger partial charge in [0.1, 0.15) is 10.7 Å². The molecule has 3 aromatic rings. The largest absolute Gasteiger partial charge is 0.411 e. The van der Waals surface area contributed by atoms with Crippen molar-refractivity contribution in [1.82, 2.24) is 9.38 Å². The molecule has 0 atom stereocenters. The molecule has 0 aliphatic rings. The fourth-order valence-electron chi connectivity index (χ4n) is 1.75. The summed E-state index contributed by atoms with van der Waals surface area (Å²) in [6, 6.07) is 8.27. The number of rotatable bonds is 3. The Morgan fingerprint density at radius 2 is 2.16 bits per heavy atom. The molecule has 0 bridgehead atoms. The van der Waals surface area contributed by atoms with Crippen molar-refractivity contribution in [2.24, 2.45) is 5.16 Å². The molecule has 2 aromatic heterocycles. The number of benzene rings is 1. The summed E-state index contributed by atoms with van der Waals surface area (Å²) in [7, 11) is 0. The molecule has 0 aliphatic heterocycles. The average molecular weight is 289 g/mol. The highest BCUT2D eigenvalue weighted by atomic mass is 32.2.